The van der Waals surface area contributed by atoms with Crippen molar-refractivity contribution in [1.82, 2.24) is 0 Å². The Kier molecular flexibility index (Phi) is 8.23. The van der Waals surface area contributed by atoms with Gasteiger partial charge in [-0.2, -0.15) is 0 Å². The van der Waals surface area contributed by atoms with Crippen LogP contribution in [0.4, 0.5) is 11.4 Å². The Morgan fingerprint density at radius 2 is 1.73 bits per heavy atom. The third kappa shape index (κ3) is 6.48. The number of para-hydroxylation sites is 2. The Balaban J connectivity index is 1.95. The number of rotatable bonds is 10. The van der Waals surface area contributed by atoms with Crippen LogP contribution in [0.2, 0.25) is 0 Å². The number of hydrogen-bond donors (Lipinski definition) is 1. The van der Waals surface area contributed by atoms with Gasteiger partial charge < -0.3 is 14.8 Å². The summed E-state index contributed by atoms with van der Waals surface area (Å²) in [5.41, 5.74) is 1.37. The number of esters is 1. The standard InChI is InChI=1S/C21H26N2O6S/c1-4-29-21(25)16-11-13-17(14-12-16)22-20(24)10-7-15-23(30(3,26)27)18-8-5-6-9-19(18)28-2/h5-6,8-9,11-14H,4,7,10,15H2,1-3H3,(H,22,24). The van der Waals surface area contributed by atoms with Crippen molar-refractivity contribution in [2.45, 2.75) is 19.8 Å². The van der Waals surface area contributed by atoms with Gasteiger partial charge in [0.1, 0.15) is 5.75 Å². The van der Waals surface area contributed by atoms with Gasteiger partial charge in [0, 0.05) is 18.7 Å². The number of amides is 1. The first kappa shape index (κ1) is 23.2. The first-order valence-corrected chi connectivity index (χ1v) is 11.3. The maximum absolute atomic E-state index is 12.2. The molecule has 0 fully saturated rings. The second-order valence-corrected chi connectivity index (χ2v) is 8.36. The molecule has 0 saturated heterocycles. The zero-order chi connectivity index (χ0) is 22.1. The smallest absolute Gasteiger partial charge is 0.338 e. The topological polar surface area (TPSA) is 102 Å². The Labute approximate surface area is 176 Å². The molecule has 9 heteroatoms. The molecule has 0 saturated carbocycles. The highest BCUT2D eigenvalue weighted by Gasteiger charge is 2.20. The molecule has 2 aromatic rings. The molecule has 30 heavy (non-hydrogen) atoms. The molecule has 1 N–H and O–H groups in total. The van der Waals surface area contributed by atoms with E-state index in [0.717, 1.165) is 6.26 Å². The molecule has 8 nitrogen and oxygen atoms in total. The molecule has 2 rings (SSSR count). The molecule has 0 aliphatic carbocycles. The van der Waals surface area contributed by atoms with E-state index < -0.39 is 16.0 Å². The lowest BCUT2D eigenvalue weighted by molar-refractivity contribution is -0.116. The summed E-state index contributed by atoms with van der Waals surface area (Å²) in [6, 6.07) is 13.2. The van der Waals surface area contributed by atoms with Crippen LogP contribution >= 0.6 is 0 Å². The van der Waals surface area contributed by atoms with Gasteiger partial charge >= 0.3 is 5.97 Å². The van der Waals surface area contributed by atoms with E-state index >= 15 is 0 Å². The van der Waals surface area contributed by atoms with Crippen molar-refractivity contribution in [1.29, 1.82) is 0 Å². The lowest BCUT2D eigenvalue weighted by Gasteiger charge is -2.24. The number of anilines is 2. The van der Waals surface area contributed by atoms with E-state index in [0.29, 0.717) is 29.1 Å². The minimum absolute atomic E-state index is 0.126. The molecule has 162 valence electrons. The van der Waals surface area contributed by atoms with Crippen molar-refractivity contribution in [3.05, 3.63) is 54.1 Å². The quantitative estimate of drug-likeness (QED) is 0.577. The number of carbonyl (C=O) groups is 2. The van der Waals surface area contributed by atoms with Crippen molar-refractivity contribution in [3.63, 3.8) is 0 Å². The van der Waals surface area contributed by atoms with Gasteiger partial charge in [-0.3, -0.25) is 9.10 Å². The maximum atomic E-state index is 12.2. The summed E-state index contributed by atoms with van der Waals surface area (Å²) in [7, 11) is -2.08. The number of sulfonamides is 1. The molecule has 1 amide bonds. The molecule has 0 aliphatic heterocycles. The van der Waals surface area contributed by atoms with Crippen molar-refractivity contribution < 1.29 is 27.5 Å². The molecular formula is C21H26N2O6S. The van der Waals surface area contributed by atoms with E-state index in [4.69, 9.17) is 9.47 Å². The van der Waals surface area contributed by atoms with Crippen molar-refractivity contribution in [2.75, 3.05) is 36.1 Å². The van der Waals surface area contributed by atoms with Gasteiger partial charge in [-0.15, -0.1) is 0 Å². The van der Waals surface area contributed by atoms with Gasteiger partial charge in [-0.1, -0.05) is 12.1 Å². The van der Waals surface area contributed by atoms with Crippen molar-refractivity contribution in [3.8, 4) is 5.75 Å². The molecule has 2 aromatic carbocycles. The molecule has 0 aromatic heterocycles. The first-order chi connectivity index (χ1) is 14.3. The number of benzene rings is 2. The largest absolute Gasteiger partial charge is 0.495 e. The second kappa shape index (κ2) is 10.6. The average Bonchev–Trinajstić information content (AvgIpc) is 2.71. The number of carbonyl (C=O) groups excluding carboxylic acids is 2. The highest BCUT2D eigenvalue weighted by Crippen LogP contribution is 2.29. The van der Waals surface area contributed by atoms with Gasteiger partial charge in [-0.05, 0) is 49.7 Å². The molecule has 0 bridgehead atoms. The Hall–Kier alpha value is -3.07. The monoisotopic (exact) mass is 434 g/mol. The van der Waals surface area contributed by atoms with Gasteiger partial charge in [0.25, 0.3) is 0 Å². The summed E-state index contributed by atoms with van der Waals surface area (Å²) in [6.45, 7) is 2.15. The number of nitrogens with zero attached hydrogens (tertiary/aromatic N) is 1. The summed E-state index contributed by atoms with van der Waals surface area (Å²) in [5.74, 6) is -0.242. The number of methoxy groups -OCH3 is 1. The van der Waals surface area contributed by atoms with E-state index in [9.17, 15) is 18.0 Å². The van der Waals surface area contributed by atoms with Crippen LogP contribution in [-0.4, -0.2) is 46.8 Å². The van der Waals surface area contributed by atoms with Gasteiger partial charge in [-0.25, -0.2) is 13.2 Å². The van der Waals surface area contributed by atoms with E-state index in [1.807, 2.05) is 0 Å². The maximum Gasteiger partial charge on any atom is 0.338 e. The fraction of sp³-hybridized carbons (Fsp3) is 0.333. The average molecular weight is 435 g/mol. The Morgan fingerprint density at radius 3 is 2.33 bits per heavy atom. The summed E-state index contributed by atoms with van der Waals surface area (Å²) in [5, 5.41) is 2.73. The van der Waals surface area contributed by atoms with E-state index in [2.05, 4.69) is 5.32 Å². The van der Waals surface area contributed by atoms with Crippen LogP contribution in [-0.2, 0) is 19.6 Å². The van der Waals surface area contributed by atoms with Crippen LogP contribution in [0.5, 0.6) is 5.75 Å². The molecule has 0 atom stereocenters. The van der Waals surface area contributed by atoms with Crippen LogP contribution in [0.1, 0.15) is 30.1 Å². The van der Waals surface area contributed by atoms with Crippen LogP contribution in [0.15, 0.2) is 48.5 Å². The minimum atomic E-state index is -3.55. The van der Waals surface area contributed by atoms with Crippen LogP contribution < -0.4 is 14.4 Å². The predicted molar refractivity (Wildman–Crippen MR) is 115 cm³/mol. The zero-order valence-corrected chi connectivity index (χ0v) is 18.1. The minimum Gasteiger partial charge on any atom is -0.495 e. The highest BCUT2D eigenvalue weighted by molar-refractivity contribution is 7.92. The summed E-state index contributed by atoms with van der Waals surface area (Å²) in [4.78, 5) is 23.9. The molecule has 0 heterocycles. The fourth-order valence-corrected chi connectivity index (χ4v) is 3.78. The van der Waals surface area contributed by atoms with Crippen molar-refractivity contribution in [2.24, 2.45) is 0 Å². The molecular weight excluding hydrogens is 408 g/mol. The predicted octanol–water partition coefficient (Wildman–Crippen LogP) is 3.06. The SMILES string of the molecule is CCOC(=O)c1ccc(NC(=O)CCCN(c2ccccc2OC)S(C)(=O)=O)cc1. The number of hydrogen-bond acceptors (Lipinski definition) is 6. The number of ether oxygens (including phenoxy) is 2. The zero-order valence-electron chi connectivity index (χ0n) is 17.3. The fourth-order valence-electron chi connectivity index (χ4n) is 2.81. The van der Waals surface area contributed by atoms with E-state index in [-0.39, 0.29) is 25.5 Å². The van der Waals surface area contributed by atoms with Gasteiger partial charge in [0.05, 0.1) is 31.2 Å². The number of nitrogens with one attached hydrogen (secondary N) is 1. The molecule has 0 unspecified atom stereocenters. The van der Waals surface area contributed by atoms with Crippen LogP contribution in [0, 0.1) is 0 Å². The first-order valence-electron chi connectivity index (χ1n) is 9.44. The van der Waals surface area contributed by atoms with E-state index in [1.165, 1.54) is 11.4 Å². The lowest BCUT2D eigenvalue weighted by atomic mass is 10.2. The van der Waals surface area contributed by atoms with E-state index in [1.54, 1.807) is 55.5 Å². The van der Waals surface area contributed by atoms with Crippen molar-refractivity contribution >= 4 is 33.3 Å². The van der Waals surface area contributed by atoms with Gasteiger partial charge in [0.2, 0.25) is 15.9 Å². The lowest BCUT2D eigenvalue weighted by Crippen LogP contribution is -2.31. The third-order valence-electron chi connectivity index (χ3n) is 4.20. The third-order valence-corrected chi connectivity index (χ3v) is 5.38. The van der Waals surface area contributed by atoms with Gasteiger partial charge in [0.15, 0.2) is 0 Å². The summed E-state index contributed by atoms with van der Waals surface area (Å²) >= 11 is 0. The molecule has 0 spiro atoms. The highest BCUT2D eigenvalue weighted by atomic mass is 32.2. The summed E-state index contributed by atoms with van der Waals surface area (Å²) < 4.78 is 35.9. The Morgan fingerprint density at radius 1 is 1.07 bits per heavy atom. The van der Waals surface area contributed by atoms with Crippen LogP contribution in [0.3, 0.4) is 0 Å². The Bertz CT molecular complexity index is 973. The molecule has 0 aliphatic rings. The summed E-state index contributed by atoms with van der Waals surface area (Å²) in [6.07, 6.45) is 1.56. The second-order valence-electron chi connectivity index (χ2n) is 6.46. The molecule has 0 radical (unpaired) electrons. The normalized spacial score (nSPS) is 10.9. The van der Waals surface area contributed by atoms with Crippen LogP contribution in [0.25, 0.3) is 0 Å².